The molecule has 6 nitrogen and oxygen atoms in total. The zero-order valence-corrected chi connectivity index (χ0v) is 13.2. The number of nitrogens with two attached hydrogens (primary N) is 1. The van der Waals surface area contributed by atoms with E-state index in [1.54, 1.807) is 30.1 Å². The van der Waals surface area contributed by atoms with E-state index in [1.807, 2.05) is 31.7 Å². The molecule has 0 aliphatic carbocycles. The minimum absolute atomic E-state index is 0.251. The van der Waals surface area contributed by atoms with Gasteiger partial charge in [-0.2, -0.15) is 0 Å². The number of nitrogens with one attached hydrogen (secondary N) is 1. The highest BCUT2D eigenvalue weighted by Gasteiger charge is 2.21. The average Bonchev–Trinajstić information content (AvgIpc) is 3.05. The molecule has 0 radical (unpaired) electrons. The van der Waals surface area contributed by atoms with Crippen LogP contribution in [0.2, 0.25) is 0 Å². The zero-order valence-electron chi connectivity index (χ0n) is 12.4. The summed E-state index contributed by atoms with van der Waals surface area (Å²) in [6.45, 7) is 4.10. The monoisotopic (exact) mass is 308 g/mol. The molecule has 2 aromatic heterocycles. The minimum Gasteiger partial charge on any atom is -0.455 e. The van der Waals surface area contributed by atoms with Crippen molar-refractivity contribution in [3.05, 3.63) is 36.0 Å². The Labute approximate surface area is 128 Å². The Morgan fingerprint density at radius 1 is 1.52 bits per heavy atom. The molecule has 0 aliphatic heterocycles. The van der Waals surface area contributed by atoms with Crippen molar-refractivity contribution in [2.75, 3.05) is 6.54 Å². The smallest absolute Gasteiger partial charge is 0.287 e. The number of thioether (sulfide) groups is 1. The lowest BCUT2D eigenvalue weighted by Gasteiger charge is -2.23. The molecule has 0 aromatic carbocycles. The van der Waals surface area contributed by atoms with Gasteiger partial charge < -0.3 is 20.0 Å². The molecule has 0 saturated heterocycles. The molecule has 1 amide bonds. The van der Waals surface area contributed by atoms with Crippen molar-refractivity contribution in [2.24, 2.45) is 12.8 Å². The first-order valence-electron chi connectivity index (χ1n) is 6.63. The highest BCUT2D eigenvalue weighted by molar-refractivity contribution is 7.98. The molecule has 114 valence electrons. The Bertz CT molecular complexity index is 618. The van der Waals surface area contributed by atoms with Gasteiger partial charge in [-0.15, -0.1) is 0 Å². The number of aromatic nitrogens is 2. The van der Waals surface area contributed by atoms with Crippen molar-refractivity contribution in [1.82, 2.24) is 14.9 Å². The maximum absolute atomic E-state index is 12.0. The van der Waals surface area contributed by atoms with Gasteiger partial charge in [0, 0.05) is 31.5 Å². The maximum atomic E-state index is 12.0. The van der Waals surface area contributed by atoms with Crippen LogP contribution >= 0.6 is 11.8 Å². The molecule has 0 spiro atoms. The van der Waals surface area contributed by atoms with Gasteiger partial charge in [0.25, 0.3) is 5.91 Å². The molecule has 21 heavy (non-hydrogen) atoms. The fraction of sp³-hybridized carbons (Fsp3) is 0.429. The number of hydrogen-bond donors (Lipinski definition) is 2. The predicted octanol–water partition coefficient (Wildman–Crippen LogP) is 1.77. The van der Waals surface area contributed by atoms with Gasteiger partial charge in [0.15, 0.2) is 10.9 Å². The van der Waals surface area contributed by atoms with Crippen molar-refractivity contribution < 1.29 is 9.21 Å². The molecule has 0 atom stereocenters. The lowest BCUT2D eigenvalue weighted by Crippen LogP contribution is -2.48. The largest absolute Gasteiger partial charge is 0.455 e. The maximum Gasteiger partial charge on any atom is 0.287 e. The average molecular weight is 308 g/mol. The van der Waals surface area contributed by atoms with E-state index >= 15 is 0 Å². The Kier molecular flexibility index (Phi) is 4.74. The van der Waals surface area contributed by atoms with E-state index < -0.39 is 5.54 Å². The summed E-state index contributed by atoms with van der Waals surface area (Å²) in [5, 5.41) is 3.74. The molecule has 3 N–H and O–H groups in total. The third-order valence-corrected chi connectivity index (χ3v) is 4.05. The molecular formula is C14H20N4O2S. The van der Waals surface area contributed by atoms with Gasteiger partial charge in [-0.3, -0.25) is 4.79 Å². The lowest BCUT2D eigenvalue weighted by atomic mass is 10.1. The molecular weight excluding hydrogens is 288 g/mol. The number of hydrogen-bond acceptors (Lipinski definition) is 5. The third-order valence-electron chi connectivity index (χ3n) is 2.97. The molecule has 0 bridgehead atoms. The second-order valence-electron chi connectivity index (χ2n) is 5.42. The van der Waals surface area contributed by atoms with Crippen LogP contribution in [0.15, 0.2) is 34.1 Å². The van der Waals surface area contributed by atoms with Gasteiger partial charge in [-0.25, -0.2) is 4.98 Å². The first kappa shape index (κ1) is 15.7. The van der Waals surface area contributed by atoms with E-state index in [9.17, 15) is 4.79 Å². The van der Waals surface area contributed by atoms with Crippen LogP contribution in [0.4, 0.5) is 0 Å². The summed E-state index contributed by atoms with van der Waals surface area (Å²) in [6, 6.07) is 3.48. The first-order chi connectivity index (χ1) is 9.91. The summed E-state index contributed by atoms with van der Waals surface area (Å²) in [7, 11) is 1.94. The number of furan rings is 1. The van der Waals surface area contributed by atoms with E-state index in [2.05, 4.69) is 10.3 Å². The zero-order chi connectivity index (χ0) is 15.5. The number of aryl methyl sites for hydroxylation is 1. The number of rotatable bonds is 6. The van der Waals surface area contributed by atoms with Crippen LogP contribution in [0, 0.1) is 0 Å². The SMILES string of the molecule is Cn1ccnc1SCc1ccc(C(=O)NC(C)(C)CN)o1. The van der Waals surface area contributed by atoms with E-state index in [0.29, 0.717) is 18.1 Å². The summed E-state index contributed by atoms with van der Waals surface area (Å²) >= 11 is 1.56. The third kappa shape index (κ3) is 4.12. The number of nitrogens with zero attached hydrogens (tertiary/aromatic N) is 2. The van der Waals surface area contributed by atoms with Crippen molar-refractivity contribution >= 4 is 17.7 Å². The van der Waals surface area contributed by atoms with Crippen LogP contribution in [0.1, 0.15) is 30.2 Å². The topological polar surface area (TPSA) is 86.1 Å². The van der Waals surface area contributed by atoms with Crippen LogP contribution in [0.25, 0.3) is 0 Å². The molecule has 2 aromatic rings. The van der Waals surface area contributed by atoms with E-state index in [-0.39, 0.29) is 5.91 Å². The van der Waals surface area contributed by atoms with Crippen molar-refractivity contribution in [2.45, 2.75) is 30.3 Å². The molecule has 2 heterocycles. The van der Waals surface area contributed by atoms with Crippen LogP contribution in [0.3, 0.4) is 0 Å². The van der Waals surface area contributed by atoms with Crippen molar-refractivity contribution in [1.29, 1.82) is 0 Å². The van der Waals surface area contributed by atoms with Gasteiger partial charge in [-0.1, -0.05) is 11.8 Å². The quantitative estimate of drug-likeness (QED) is 0.794. The number of amides is 1. The van der Waals surface area contributed by atoms with Crippen molar-refractivity contribution in [3.8, 4) is 0 Å². The summed E-state index contributed by atoms with van der Waals surface area (Å²) in [4.78, 5) is 16.3. The van der Waals surface area contributed by atoms with E-state index in [1.165, 1.54) is 0 Å². The Hall–Kier alpha value is -1.73. The molecule has 0 aliphatic rings. The normalized spacial score (nSPS) is 11.6. The van der Waals surface area contributed by atoms with Gasteiger partial charge >= 0.3 is 0 Å². The first-order valence-corrected chi connectivity index (χ1v) is 7.61. The molecule has 0 unspecified atom stereocenters. The standard InChI is InChI=1S/C14H20N4O2S/c1-14(2,9-15)17-12(19)11-5-4-10(20-11)8-21-13-16-6-7-18(13)3/h4-7H,8-9,15H2,1-3H3,(H,17,19). The second-order valence-corrected chi connectivity index (χ2v) is 6.36. The molecule has 0 saturated carbocycles. The van der Waals surface area contributed by atoms with Crippen LogP contribution < -0.4 is 11.1 Å². The Balaban J connectivity index is 1.95. The van der Waals surface area contributed by atoms with Crippen LogP contribution in [-0.4, -0.2) is 27.5 Å². The van der Waals surface area contributed by atoms with Crippen LogP contribution in [0.5, 0.6) is 0 Å². The number of carbonyl (C=O) groups excluding carboxylic acids is 1. The minimum atomic E-state index is -0.453. The van der Waals surface area contributed by atoms with E-state index in [0.717, 1.165) is 10.9 Å². The fourth-order valence-electron chi connectivity index (χ4n) is 1.62. The summed E-state index contributed by atoms with van der Waals surface area (Å²) in [5.74, 6) is 1.41. The summed E-state index contributed by atoms with van der Waals surface area (Å²) in [6.07, 6.45) is 3.64. The highest BCUT2D eigenvalue weighted by atomic mass is 32.2. The van der Waals surface area contributed by atoms with Gasteiger partial charge in [-0.05, 0) is 26.0 Å². The summed E-state index contributed by atoms with van der Waals surface area (Å²) < 4.78 is 7.50. The van der Waals surface area contributed by atoms with E-state index in [4.69, 9.17) is 10.2 Å². The van der Waals surface area contributed by atoms with Crippen LogP contribution in [-0.2, 0) is 12.8 Å². The van der Waals surface area contributed by atoms with Crippen molar-refractivity contribution in [3.63, 3.8) is 0 Å². The fourth-order valence-corrected chi connectivity index (χ4v) is 2.45. The Morgan fingerprint density at radius 3 is 2.90 bits per heavy atom. The second kappa shape index (κ2) is 6.36. The molecule has 2 rings (SSSR count). The van der Waals surface area contributed by atoms with Gasteiger partial charge in [0.1, 0.15) is 5.76 Å². The molecule has 0 fully saturated rings. The highest BCUT2D eigenvalue weighted by Crippen LogP contribution is 2.22. The number of imidazole rings is 1. The summed E-state index contributed by atoms with van der Waals surface area (Å²) in [5.41, 5.74) is 5.14. The lowest BCUT2D eigenvalue weighted by molar-refractivity contribution is 0.0886. The predicted molar refractivity (Wildman–Crippen MR) is 82.1 cm³/mol. The number of carbonyl (C=O) groups is 1. The van der Waals surface area contributed by atoms with Gasteiger partial charge in [0.05, 0.1) is 5.75 Å². The Morgan fingerprint density at radius 2 is 2.29 bits per heavy atom. The molecule has 7 heteroatoms. The van der Waals surface area contributed by atoms with Gasteiger partial charge in [0.2, 0.25) is 0 Å².